The summed E-state index contributed by atoms with van der Waals surface area (Å²) >= 11 is 0. The van der Waals surface area contributed by atoms with Crippen LogP contribution in [0.4, 0.5) is 13.2 Å². The van der Waals surface area contributed by atoms with Gasteiger partial charge in [-0.2, -0.15) is 13.2 Å². The van der Waals surface area contributed by atoms with E-state index in [-0.39, 0.29) is 25.2 Å². The van der Waals surface area contributed by atoms with Gasteiger partial charge in [0.15, 0.2) is 0 Å². The first-order chi connectivity index (χ1) is 13.1. The molecule has 2 aliphatic rings. The van der Waals surface area contributed by atoms with Crippen molar-refractivity contribution in [1.82, 2.24) is 10.6 Å². The first-order valence-electron chi connectivity index (χ1n) is 8.84. The second-order valence-electron chi connectivity index (χ2n) is 6.58. The standard InChI is InChI=1S/C16H22F3N3O6/c17-16(18,19)15(27)21-5-3-1-2-4-20-12-11(13(25)22-14(12)26)9-6-8(24)10(7-23)28-9/h8-11,23-24H,1-7H2,(H,21,27)(H,22,25,26). The third-order valence-electron chi connectivity index (χ3n) is 4.51. The minimum Gasteiger partial charge on any atom is -0.394 e. The molecular weight excluding hydrogens is 387 g/mol. The summed E-state index contributed by atoms with van der Waals surface area (Å²) in [5.74, 6) is -4.21. The lowest BCUT2D eigenvalue weighted by atomic mass is 9.95. The lowest BCUT2D eigenvalue weighted by Gasteiger charge is -2.16. The number of hydrogen-bond acceptors (Lipinski definition) is 7. The maximum atomic E-state index is 12.0. The molecule has 0 bridgehead atoms. The van der Waals surface area contributed by atoms with Crippen LogP contribution in [0.2, 0.25) is 0 Å². The van der Waals surface area contributed by atoms with Gasteiger partial charge in [0.25, 0.3) is 5.91 Å². The maximum Gasteiger partial charge on any atom is 0.471 e. The molecule has 3 amide bonds. The van der Waals surface area contributed by atoms with E-state index >= 15 is 0 Å². The van der Waals surface area contributed by atoms with E-state index in [1.165, 1.54) is 0 Å². The molecule has 2 aliphatic heterocycles. The second-order valence-corrected chi connectivity index (χ2v) is 6.58. The van der Waals surface area contributed by atoms with E-state index in [1.54, 1.807) is 5.32 Å². The predicted octanol–water partition coefficient (Wildman–Crippen LogP) is -0.940. The minimum absolute atomic E-state index is 0.0221. The van der Waals surface area contributed by atoms with Crippen molar-refractivity contribution in [2.75, 3.05) is 19.7 Å². The third-order valence-corrected chi connectivity index (χ3v) is 4.51. The zero-order valence-corrected chi connectivity index (χ0v) is 14.9. The molecule has 0 spiro atoms. The molecule has 12 heteroatoms. The Balaban J connectivity index is 1.80. The van der Waals surface area contributed by atoms with Gasteiger partial charge < -0.3 is 20.3 Å². The highest BCUT2D eigenvalue weighted by atomic mass is 19.4. The molecule has 158 valence electrons. The van der Waals surface area contributed by atoms with Crippen LogP contribution in [-0.4, -0.2) is 77.8 Å². The van der Waals surface area contributed by atoms with Gasteiger partial charge in [0.05, 0.1) is 18.8 Å². The summed E-state index contributed by atoms with van der Waals surface area (Å²) in [7, 11) is 0. The van der Waals surface area contributed by atoms with E-state index in [1.807, 2.05) is 0 Å². The van der Waals surface area contributed by atoms with Crippen molar-refractivity contribution in [3.8, 4) is 0 Å². The fourth-order valence-corrected chi connectivity index (χ4v) is 3.09. The molecule has 4 N–H and O–H groups in total. The lowest BCUT2D eigenvalue weighted by Crippen LogP contribution is -2.37. The number of nitrogens with zero attached hydrogens (tertiary/aromatic N) is 1. The SMILES string of the molecule is O=C1NC(=O)C(C2CC(O)C(CO)O2)C1=NCCCCCNC(=O)C(F)(F)F. The van der Waals surface area contributed by atoms with Gasteiger partial charge in [-0.3, -0.25) is 24.7 Å². The Hall–Kier alpha value is -2.05. The number of carbonyl (C=O) groups is 3. The van der Waals surface area contributed by atoms with Gasteiger partial charge in [-0.15, -0.1) is 0 Å². The summed E-state index contributed by atoms with van der Waals surface area (Å²) in [4.78, 5) is 38.7. The summed E-state index contributed by atoms with van der Waals surface area (Å²) in [6, 6.07) is 0. The molecule has 0 saturated carbocycles. The number of aliphatic hydroxyl groups excluding tert-OH is 2. The van der Waals surface area contributed by atoms with Crippen molar-refractivity contribution < 1.29 is 42.5 Å². The number of hydrogen-bond donors (Lipinski definition) is 4. The molecule has 0 aromatic carbocycles. The average molecular weight is 409 g/mol. The summed E-state index contributed by atoms with van der Waals surface area (Å²) in [5.41, 5.74) is -0.0221. The van der Waals surface area contributed by atoms with Crippen LogP contribution >= 0.6 is 0 Å². The van der Waals surface area contributed by atoms with Crippen LogP contribution in [0, 0.1) is 5.92 Å². The van der Waals surface area contributed by atoms with E-state index in [4.69, 9.17) is 9.84 Å². The van der Waals surface area contributed by atoms with E-state index in [2.05, 4.69) is 10.3 Å². The fraction of sp³-hybridized carbons (Fsp3) is 0.750. The highest BCUT2D eigenvalue weighted by Crippen LogP contribution is 2.29. The molecule has 28 heavy (non-hydrogen) atoms. The Bertz CT molecular complexity index is 640. The number of rotatable bonds is 8. The molecule has 4 unspecified atom stereocenters. The van der Waals surface area contributed by atoms with Gasteiger partial charge >= 0.3 is 12.1 Å². The van der Waals surface area contributed by atoms with Gasteiger partial charge in [0.1, 0.15) is 17.7 Å². The monoisotopic (exact) mass is 409 g/mol. The largest absolute Gasteiger partial charge is 0.471 e. The smallest absolute Gasteiger partial charge is 0.394 e. The van der Waals surface area contributed by atoms with Crippen molar-refractivity contribution in [3.63, 3.8) is 0 Å². The van der Waals surface area contributed by atoms with E-state index in [0.717, 1.165) is 0 Å². The first-order valence-corrected chi connectivity index (χ1v) is 8.84. The zero-order valence-electron chi connectivity index (χ0n) is 14.9. The second kappa shape index (κ2) is 9.43. The molecule has 2 heterocycles. The maximum absolute atomic E-state index is 12.0. The number of aliphatic imine (C=N–C) groups is 1. The van der Waals surface area contributed by atoms with Gasteiger partial charge in [-0.1, -0.05) is 0 Å². The number of amides is 3. The Morgan fingerprint density at radius 3 is 2.61 bits per heavy atom. The van der Waals surface area contributed by atoms with Crippen LogP contribution in [0.1, 0.15) is 25.7 Å². The van der Waals surface area contributed by atoms with Crippen molar-refractivity contribution >= 4 is 23.4 Å². The van der Waals surface area contributed by atoms with E-state index in [0.29, 0.717) is 19.3 Å². The third kappa shape index (κ3) is 5.49. The van der Waals surface area contributed by atoms with Crippen molar-refractivity contribution in [1.29, 1.82) is 0 Å². The number of unbranched alkanes of at least 4 members (excludes halogenated alkanes) is 2. The summed E-state index contributed by atoms with van der Waals surface area (Å²) in [5, 5.41) is 22.8. The molecule has 9 nitrogen and oxygen atoms in total. The van der Waals surface area contributed by atoms with Crippen molar-refractivity contribution in [3.05, 3.63) is 0 Å². The quantitative estimate of drug-likeness (QED) is 0.302. The van der Waals surface area contributed by atoms with Gasteiger partial charge in [-0.05, 0) is 19.3 Å². The van der Waals surface area contributed by atoms with Crippen molar-refractivity contribution in [2.45, 2.75) is 50.2 Å². The molecular formula is C16H22F3N3O6. The summed E-state index contributed by atoms with van der Waals surface area (Å²) in [6.45, 7) is -0.386. The Labute approximate surface area is 158 Å². The summed E-state index contributed by atoms with van der Waals surface area (Å²) in [6.07, 6.45) is -6.20. The average Bonchev–Trinajstić information content (AvgIpc) is 3.11. The molecule has 0 radical (unpaired) electrons. The minimum atomic E-state index is -4.91. The van der Waals surface area contributed by atoms with E-state index in [9.17, 15) is 32.7 Å². The molecule has 0 aliphatic carbocycles. The zero-order chi connectivity index (χ0) is 20.9. The Kier molecular flexibility index (Phi) is 7.49. The molecule has 0 aromatic rings. The molecule has 2 saturated heterocycles. The van der Waals surface area contributed by atoms with Crippen LogP contribution in [0.3, 0.4) is 0 Å². The summed E-state index contributed by atoms with van der Waals surface area (Å²) < 4.78 is 41.5. The first kappa shape index (κ1) is 22.2. The Morgan fingerprint density at radius 2 is 2.00 bits per heavy atom. The predicted molar refractivity (Wildman–Crippen MR) is 88.2 cm³/mol. The van der Waals surface area contributed by atoms with Crippen molar-refractivity contribution in [2.24, 2.45) is 10.9 Å². The number of alkyl halides is 3. The molecule has 0 aromatic heterocycles. The lowest BCUT2D eigenvalue weighted by molar-refractivity contribution is -0.173. The Morgan fingerprint density at radius 1 is 1.29 bits per heavy atom. The fourth-order valence-electron chi connectivity index (χ4n) is 3.09. The number of nitrogens with one attached hydrogen (secondary N) is 2. The highest BCUT2D eigenvalue weighted by Gasteiger charge is 2.48. The molecule has 2 rings (SSSR count). The topological polar surface area (TPSA) is 137 Å². The van der Waals surface area contributed by atoms with Crippen LogP contribution in [0.25, 0.3) is 0 Å². The van der Waals surface area contributed by atoms with Gasteiger partial charge in [-0.25, -0.2) is 0 Å². The van der Waals surface area contributed by atoms with Crippen LogP contribution in [0.5, 0.6) is 0 Å². The normalized spacial score (nSPS) is 29.4. The number of aliphatic hydroxyl groups is 2. The van der Waals surface area contributed by atoms with Crippen LogP contribution in [0.15, 0.2) is 4.99 Å². The van der Waals surface area contributed by atoms with Gasteiger partial charge in [0.2, 0.25) is 5.91 Å². The van der Waals surface area contributed by atoms with Crippen LogP contribution in [-0.2, 0) is 19.1 Å². The number of imide groups is 1. The highest BCUT2D eigenvalue weighted by molar-refractivity contribution is 6.50. The van der Waals surface area contributed by atoms with Gasteiger partial charge in [0, 0.05) is 19.5 Å². The number of halogens is 3. The van der Waals surface area contributed by atoms with Crippen LogP contribution < -0.4 is 10.6 Å². The number of ether oxygens (including phenoxy) is 1. The van der Waals surface area contributed by atoms with E-state index < -0.39 is 54.7 Å². The molecule has 4 atom stereocenters. The number of carbonyl (C=O) groups excluding carboxylic acids is 3. The molecule has 2 fully saturated rings.